The first kappa shape index (κ1) is 11.5. The first-order valence-electron chi connectivity index (χ1n) is 5.83. The van der Waals surface area contributed by atoms with Crippen LogP contribution in [0, 0.1) is 0 Å². The lowest BCUT2D eigenvalue weighted by Gasteiger charge is -2.31. The molecule has 0 saturated heterocycles. The molecule has 1 heterocycles. The van der Waals surface area contributed by atoms with Gasteiger partial charge in [-0.3, -0.25) is 9.89 Å². The highest BCUT2D eigenvalue weighted by molar-refractivity contribution is 5.55. The van der Waals surface area contributed by atoms with Crippen molar-refractivity contribution in [1.29, 1.82) is 0 Å². The van der Waals surface area contributed by atoms with Crippen LogP contribution in [-0.2, 0) is 0 Å². The second-order valence-electron chi connectivity index (χ2n) is 3.99. The highest BCUT2D eigenvalue weighted by Gasteiger charge is 2.11. The Bertz CT molecular complexity index is 168. The Hall–Kier alpha value is -0.570. The molecule has 0 spiro atoms. The quantitative estimate of drug-likeness (QED) is 0.649. The first-order valence-corrected chi connectivity index (χ1v) is 5.83. The van der Waals surface area contributed by atoms with E-state index in [1.165, 1.54) is 32.2 Å². The molecule has 1 aliphatic rings. The summed E-state index contributed by atoms with van der Waals surface area (Å²) in [6, 6.07) is 0. The van der Waals surface area contributed by atoms with Crippen LogP contribution in [-0.4, -0.2) is 42.6 Å². The molecular formula is C11H23N3. The maximum atomic E-state index is 4.37. The molecule has 3 nitrogen and oxygen atoms in total. The van der Waals surface area contributed by atoms with Crippen LogP contribution in [0.2, 0.25) is 0 Å². The van der Waals surface area contributed by atoms with Crippen molar-refractivity contribution >= 4 is 6.34 Å². The van der Waals surface area contributed by atoms with E-state index in [-0.39, 0.29) is 0 Å². The molecule has 14 heavy (non-hydrogen) atoms. The molecule has 0 unspecified atom stereocenters. The fraction of sp³-hybridized carbons (Fsp3) is 0.909. The Labute approximate surface area is 87.8 Å². The van der Waals surface area contributed by atoms with Crippen LogP contribution in [0.3, 0.4) is 0 Å². The Kier molecular flexibility index (Phi) is 5.60. The van der Waals surface area contributed by atoms with Gasteiger partial charge in [0.2, 0.25) is 0 Å². The lowest BCUT2D eigenvalue weighted by Crippen LogP contribution is -2.42. The Morgan fingerprint density at radius 1 is 1.14 bits per heavy atom. The lowest BCUT2D eigenvalue weighted by atomic mass is 10.3. The summed E-state index contributed by atoms with van der Waals surface area (Å²) in [5.41, 5.74) is 0. The van der Waals surface area contributed by atoms with Gasteiger partial charge in [-0.05, 0) is 12.8 Å². The first-order chi connectivity index (χ1) is 6.86. The summed E-state index contributed by atoms with van der Waals surface area (Å²) in [6.45, 7) is 8.78. The summed E-state index contributed by atoms with van der Waals surface area (Å²) in [6.07, 6.45) is 7.11. The highest BCUT2D eigenvalue weighted by atomic mass is 15.4. The van der Waals surface area contributed by atoms with Gasteiger partial charge in [0.25, 0.3) is 0 Å². The maximum Gasteiger partial charge on any atom is 0.0940 e. The minimum Gasteiger partial charge on any atom is -0.350 e. The second kappa shape index (κ2) is 6.82. The van der Waals surface area contributed by atoms with E-state index in [0.29, 0.717) is 0 Å². The highest BCUT2D eigenvalue weighted by Crippen LogP contribution is 2.03. The van der Waals surface area contributed by atoms with Gasteiger partial charge < -0.3 is 4.90 Å². The molecule has 0 atom stereocenters. The summed E-state index contributed by atoms with van der Waals surface area (Å²) >= 11 is 0. The fourth-order valence-corrected chi connectivity index (χ4v) is 1.62. The van der Waals surface area contributed by atoms with Crippen molar-refractivity contribution in [2.75, 3.05) is 26.4 Å². The SMILES string of the molecule is CCCCN1C=NCN(CCCC)C1. The predicted molar refractivity (Wildman–Crippen MR) is 61.5 cm³/mol. The molecule has 0 N–H and O–H groups in total. The molecule has 0 aliphatic carbocycles. The number of aliphatic imine (C=N–C) groups is 1. The largest absolute Gasteiger partial charge is 0.350 e. The Balaban J connectivity index is 2.21. The average molecular weight is 197 g/mol. The molecule has 0 saturated carbocycles. The van der Waals surface area contributed by atoms with E-state index in [1.54, 1.807) is 0 Å². The monoisotopic (exact) mass is 197 g/mol. The van der Waals surface area contributed by atoms with E-state index >= 15 is 0 Å². The molecule has 0 amide bonds. The molecule has 82 valence electrons. The van der Waals surface area contributed by atoms with E-state index in [1.807, 2.05) is 6.34 Å². The van der Waals surface area contributed by atoms with Gasteiger partial charge in [-0.1, -0.05) is 26.7 Å². The van der Waals surface area contributed by atoms with E-state index in [4.69, 9.17) is 0 Å². The normalized spacial score (nSPS) is 17.7. The standard InChI is InChI=1S/C11H23N3/c1-3-5-7-13-9-12-10-14(11-13)8-6-4-2/h9H,3-8,10-11H2,1-2H3. The third-order valence-corrected chi connectivity index (χ3v) is 2.54. The number of rotatable bonds is 6. The van der Waals surface area contributed by atoms with E-state index in [0.717, 1.165) is 19.9 Å². The zero-order valence-electron chi connectivity index (χ0n) is 9.58. The summed E-state index contributed by atoms with van der Waals surface area (Å²) < 4.78 is 0. The van der Waals surface area contributed by atoms with Crippen molar-refractivity contribution in [3.8, 4) is 0 Å². The molecule has 3 heteroatoms. The molecule has 0 aromatic rings. The summed E-state index contributed by atoms with van der Waals surface area (Å²) in [5.74, 6) is 0. The third kappa shape index (κ3) is 4.09. The van der Waals surface area contributed by atoms with Gasteiger partial charge in [0.1, 0.15) is 0 Å². The number of hydrogen-bond acceptors (Lipinski definition) is 3. The predicted octanol–water partition coefficient (Wildman–Crippen LogP) is 2.15. The van der Waals surface area contributed by atoms with Crippen LogP contribution in [0.15, 0.2) is 4.99 Å². The van der Waals surface area contributed by atoms with Crippen molar-refractivity contribution in [3.63, 3.8) is 0 Å². The summed E-state index contributed by atoms with van der Waals surface area (Å²) in [4.78, 5) is 9.11. The fourth-order valence-electron chi connectivity index (χ4n) is 1.62. The topological polar surface area (TPSA) is 18.8 Å². The van der Waals surface area contributed by atoms with Crippen LogP contribution in [0.1, 0.15) is 39.5 Å². The zero-order chi connectivity index (χ0) is 10.2. The molecule has 1 rings (SSSR count). The van der Waals surface area contributed by atoms with Gasteiger partial charge in [0, 0.05) is 13.1 Å². The lowest BCUT2D eigenvalue weighted by molar-refractivity contribution is 0.174. The zero-order valence-corrected chi connectivity index (χ0v) is 9.58. The van der Waals surface area contributed by atoms with Crippen LogP contribution in [0.5, 0.6) is 0 Å². The molecule has 0 fully saturated rings. The van der Waals surface area contributed by atoms with E-state index in [2.05, 4.69) is 28.6 Å². The molecule has 0 radical (unpaired) electrons. The number of nitrogens with zero attached hydrogens (tertiary/aromatic N) is 3. The van der Waals surface area contributed by atoms with Crippen molar-refractivity contribution in [2.24, 2.45) is 4.99 Å². The maximum absolute atomic E-state index is 4.37. The minimum absolute atomic E-state index is 0.891. The second-order valence-corrected chi connectivity index (χ2v) is 3.99. The number of unbranched alkanes of at least 4 members (excludes halogenated alkanes) is 2. The molecule has 0 bridgehead atoms. The molecular weight excluding hydrogens is 174 g/mol. The van der Waals surface area contributed by atoms with Gasteiger partial charge in [0.15, 0.2) is 0 Å². The van der Waals surface area contributed by atoms with Gasteiger partial charge in [-0.2, -0.15) is 0 Å². The molecule has 0 aromatic heterocycles. The van der Waals surface area contributed by atoms with Crippen LogP contribution < -0.4 is 0 Å². The smallest absolute Gasteiger partial charge is 0.0940 e. The van der Waals surface area contributed by atoms with Gasteiger partial charge in [-0.15, -0.1) is 0 Å². The summed E-state index contributed by atoms with van der Waals surface area (Å²) in [5, 5.41) is 0. The van der Waals surface area contributed by atoms with Crippen LogP contribution in [0.25, 0.3) is 0 Å². The average Bonchev–Trinajstić information content (AvgIpc) is 2.24. The third-order valence-electron chi connectivity index (χ3n) is 2.54. The number of hydrogen-bond donors (Lipinski definition) is 0. The van der Waals surface area contributed by atoms with Crippen molar-refractivity contribution < 1.29 is 0 Å². The summed E-state index contributed by atoms with van der Waals surface area (Å²) in [7, 11) is 0. The van der Waals surface area contributed by atoms with Crippen LogP contribution in [0.4, 0.5) is 0 Å². The Morgan fingerprint density at radius 3 is 2.57 bits per heavy atom. The van der Waals surface area contributed by atoms with E-state index < -0.39 is 0 Å². The molecule has 0 aromatic carbocycles. The van der Waals surface area contributed by atoms with Crippen molar-refractivity contribution in [3.05, 3.63) is 0 Å². The van der Waals surface area contributed by atoms with Gasteiger partial charge >= 0.3 is 0 Å². The van der Waals surface area contributed by atoms with Crippen molar-refractivity contribution in [2.45, 2.75) is 39.5 Å². The van der Waals surface area contributed by atoms with Crippen molar-refractivity contribution in [1.82, 2.24) is 9.80 Å². The van der Waals surface area contributed by atoms with E-state index in [9.17, 15) is 0 Å². The van der Waals surface area contributed by atoms with Crippen LogP contribution >= 0.6 is 0 Å². The van der Waals surface area contributed by atoms with Gasteiger partial charge in [-0.25, -0.2) is 0 Å². The molecule has 1 aliphatic heterocycles. The van der Waals surface area contributed by atoms with Gasteiger partial charge in [0.05, 0.1) is 19.7 Å². The Morgan fingerprint density at radius 2 is 1.86 bits per heavy atom. The minimum atomic E-state index is 0.891.